The average molecular weight is 267 g/mol. The zero-order valence-corrected chi connectivity index (χ0v) is 10.2. The lowest BCUT2D eigenvalue weighted by molar-refractivity contribution is -0.386. The molecule has 2 heterocycles. The minimum atomic E-state index is -0.884. The van der Waals surface area contributed by atoms with Gasteiger partial charge in [0.1, 0.15) is 12.2 Å². The van der Waals surface area contributed by atoms with E-state index in [-0.39, 0.29) is 30.6 Å². The van der Waals surface area contributed by atoms with Crippen molar-refractivity contribution in [1.29, 1.82) is 0 Å². The highest BCUT2D eigenvalue weighted by molar-refractivity contribution is 5.73. The molecule has 1 aromatic heterocycles. The molecule has 1 aliphatic heterocycles. The highest BCUT2D eigenvalue weighted by atomic mass is 16.6. The van der Waals surface area contributed by atoms with E-state index in [1.54, 1.807) is 0 Å². The number of amides is 1. The summed E-state index contributed by atoms with van der Waals surface area (Å²) in [4.78, 5) is 26.6. The van der Waals surface area contributed by atoms with Gasteiger partial charge in [-0.1, -0.05) is 0 Å². The van der Waals surface area contributed by atoms with Crippen LogP contribution in [0.1, 0.15) is 6.92 Å². The molecule has 1 aromatic rings. The van der Waals surface area contributed by atoms with Crippen molar-refractivity contribution in [3.63, 3.8) is 0 Å². The smallest absolute Gasteiger partial charge is 0.330 e. The lowest BCUT2D eigenvalue weighted by atomic mass is 10.2. The molecule has 0 aromatic carbocycles. The van der Waals surface area contributed by atoms with E-state index in [0.29, 0.717) is 0 Å². The van der Waals surface area contributed by atoms with E-state index in [1.165, 1.54) is 30.2 Å². The molecule has 1 N–H and O–H groups in total. The number of aliphatic hydroxyl groups is 1. The van der Waals surface area contributed by atoms with Crippen molar-refractivity contribution in [2.45, 2.75) is 19.1 Å². The van der Waals surface area contributed by atoms with E-state index in [2.05, 4.69) is 4.98 Å². The Kier molecular flexibility index (Phi) is 3.61. The van der Waals surface area contributed by atoms with E-state index < -0.39 is 17.1 Å². The summed E-state index contributed by atoms with van der Waals surface area (Å²) >= 11 is 0. The van der Waals surface area contributed by atoms with E-state index >= 15 is 0 Å². The number of rotatable bonds is 3. The van der Waals surface area contributed by atoms with Crippen molar-refractivity contribution in [3.05, 3.63) is 28.4 Å². The zero-order valence-electron chi connectivity index (χ0n) is 10.2. The van der Waals surface area contributed by atoms with Gasteiger partial charge in [-0.05, 0) is 6.07 Å². The fourth-order valence-electron chi connectivity index (χ4n) is 1.89. The van der Waals surface area contributed by atoms with Gasteiger partial charge in [-0.25, -0.2) is 4.98 Å². The second kappa shape index (κ2) is 5.19. The predicted molar refractivity (Wildman–Crippen MR) is 63.6 cm³/mol. The zero-order chi connectivity index (χ0) is 14.0. The third-order valence-corrected chi connectivity index (χ3v) is 2.89. The molecule has 0 aliphatic carbocycles. The number of pyridine rings is 1. The number of likely N-dealkylation sites (tertiary alicyclic amines) is 1. The molecular weight excluding hydrogens is 254 g/mol. The SMILES string of the molecule is CC(=O)N1C[C@@H](O)[C@H](Oc2ncccc2[N+](=O)[O-])C1. The maximum Gasteiger partial charge on any atom is 0.330 e. The molecular formula is C11H13N3O5. The van der Waals surface area contributed by atoms with E-state index in [0.717, 1.165) is 0 Å². The first-order valence-corrected chi connectivity index (χ1v) is 5.68. The highest BCUT2D eigenvalue weighted by Gasteiger charge is 2.35. The Morgan fingerprint density at radius 2 is 2.37 bits per heavy atom. The second-order valence-corrected chi connectivity index (χ2v) is 4.23. The molecule has 1 amide bonds. The standard InChI is InChI=1S/C11H13N3O5/c1-7(15)13-5-9(16)10(6-13)19-11-8(14(17)18)3-2-4-12-11/h2-4,9-10,16H,5-6H2,1H3/t9-,10-/m1/s1. The predicted octanol–water partition coefficient (Wildman–Crippen LogP) is -0.0398. The molecule has 0 unspecified atom stereocenters. The van der Waals surface area contributed by atoms with Gasteiger partial charge in [-0.2, -0.15) is 0 Å². The summed E-state index contributed by atoms with van der Waals surface area (Å²) in [6, 6.07) is 2.70. The van der Waals surface area contributed by atoms with Crippen LogP contribution in [0.4, 0.5) is 5.69 Å². The summed E-state index contributed by atoms with van der Waals surface area (Å²) in [5.41, 5.74) is -0.268. The first-order chi connectivity index (χ1) is 8.99. The topological polar surface area (TPSA) is 106 Å². The van der Waals surface area contributed by atoms with Crippen molar-refractivity contribution in [2.75, 3.05) is 13.1 Å². The Labute approximate surface area is 108 Å². The monoisotopic (exact) mass is 267 g/mol. The van der Waals surface area contributed by atoms with Crippen molar-refractivity contribution < 1.29 is 19.6 Å². The largest absolute Gasteiger partial charge is 0.465 e. The van der Waals surface area contributed by atoms with Crippen LogP contribution >= 0.6 is 0 Å². The van der Waals surface area contributed by atoms with Crippen LogP contribution in [0.5, 0.6) is 5.88 Å². The highest BCUT2D eigenvalue weighted by Crippen LogP contribution is 2.26. The van der Waals surface area contributed by atoms with Crippen LogP contribution < -0.4 is 4.74 Å². The van der Waals surface area contributed by atoms with Crippen LogP contribution in [-0.2, 0) is 4.79 Å². The first kappa shape index (κ1) is 13.2. The number of aromatic nitrogens is 1. The quantitative estimate of drug-likeness (QED) is 0.608. The van der Waals surface area contributed by atoms with Crippen molar-refractivity contribution >= 4 is 11.6 Å². The van der Waals surface area contributed by atoms with Crippen LogP contribution in [0.3, 0.4) is 0 Å². The van der Waals surface area contributed by atoms with Crippen LogP contribution in [0.2, 0.25) is 0 Å². The van der Waals surface area contributed by atoms with Crippen molar-refractivity contribution in [1.82, 2.24) is 9.88 Å². The summed E-state index contributed by atoms with van der Waals surface area (Å²) in [5, 5.41) is 20.6. The molecule has 2 rings (SSSR count). The fraction of sp³-hybridized carbons (Fsp3) is 0.455. The maximum absolute atomic E-state index is 11.2. The van der Waals surface area contributed by atoms with Crippen LogP contribution in [0.15, 0.2) is 18.3 Å². The van der Waals surface area contributed by atoms with E-state index in [9.17, 15) is 20.0 Å². The summed E-state index contributed by atoms with van der Waals surface area (Å²) in [7, 11) is 0. The minimum Gasteiger partial charge on any atom is -0.465 e. The van der Waals surface area contributed by atoms with E-state index in [1.807, 2.05) is 0 Å². The van der Waals surface area contributed by atoms with Gasteiger partial charge in [0, 0.05) is 19.2 Å². The lowest BCUT2D eigenvalue weighted by Gasteiger charge is -2.15. The summed E-state index contributed by atoms with van der Waals surface area (Å²) in [6.45, 7) is 1.73. The number of hydrogen-bond acceptors (Lipinski definition) is 6. The summed E-state index contributed by atoms with van der Waals surface area (Å²) < 4.78 is 5.36. The minimum absolute atomic E-state index is 0.151. The van der Waals surface area contributed by atoms with Crippen LogP contribution in [0.25, 0.3) is 0 Å². The number of carbonyl (C=O) groups is 1. The molecule has 0 radical (unpaired) electrons. The fourth-order valence-corrected chi connectivity index (χ4v) is 1.89. The summed E-state index contributed by atoms with van der Waals surface area (Å²) in [6.07, 6.45) is -0.227. The Balaban J connectivity index is 2.14. The van der Waals surface area contributed by atoms with Crippen molar-refractivity contribution in [3.8, 4) is 5.88 Å². The summed E-state index contributed by atoms with van der Waals surface area (Å²) in [5.74, 6) is -0.331. The molecule has 0 spiro atoms. The molecule has 1 aliphatic rings. The molecule has 0 saturated carbocycles. The number of ether oxygens (including phenoxy) is 1. The first-order valence-electron chi connectivity index (χ1n) is 5.68. The molecule has 0 bridgehead atoms. The Hall–Kier alpha value is -2.22. The third kappa shape index (κ3) is 2.79. The molecule has 8 nitrogen and oxygen atoms in total. The van der Waals surface area contributed by atoms with Gasteiger partial charge in [0.25, 0.3) is 5.88 Å². The maximum atomic E-state index is 11.2. The normalized spacial score (nSPS) is 22.3. The van der Waals surface area contributed by atoms with E-state index in [4.69, 9.17) is 4.74 Å². The lowest BCUT2D eigenvalue weighted by Crippen LogP contribution is -2.31. The van der Waals surface area contributed by atoms with Gasteiger partial charge in [0.05, 0.1) is 18.0 Å². The van der Waals surface area contributed by atoms with Gasteiger partial charge >= 0.3 is 5.69 Å². The van der Waals surface area contributed by atoms with Gasteiger partial charge < -0.3 is 14.7 Å². The molecule has 8 heteroatoms. The number of nitrogens with zero attached hydrogens (tertiary/aromatic N) is 3. The van der Waals surface area contributed by atoms with Crippen LogP contribution in [0, 0.1) is 10.1 Å². The number of nitro groups is 1. The molecule has 2 atom stereocenters. The Bertz CT molecular complexity index is 507. The molecule has 1 fully saturated rings. The number of aliphatic hydroxyl groups excluding tert-OH is 1. The second-order valence-electron chi connectivity index (χ2n) is 4.23. The third-order valence-electron chi connectivity index (χ3n) is 2.89. The Morgan fingerprint density at radius 1 is 1.63 bits per heavy atom. The van der Waals surface area contributed by atoms with Crippen LogP contribution in [-0.4, -0.2) is 51.1 Å². The number of hydrogen-bond donors (Lipinski definition) is 1. The number of β-amino-alcohol motifs (C(OH)–C–C–N with tert-alkyl or cyclic N) is 1. The average Bonchev–Trinajstić information content (AvgIpc) is 2.72. The molecule has 19 heavy (non-hydrogen) atoms. The Morgan fingerprint density at radius 3 is 2.95 bits per heavy atom. The molecule has 102 valence electrons. The molecule has 1 saturated heterocycles. The van der Waals surface area contributed by atoms with Gasteiger partial charge in [0.15, 0.2) is 0 Å². The van der Waals surface area contributed by atoms with Gasteiger partial charge in [0.2, 0.25) is 5.91 Å². The van der Waals surface area contributed by atoms with Crippen molar-refractivity contribution in [2.24, 2.45) is 0 Å². The van der Waals surface area contributed by atoms with Gasteiger partial charge in [-0.15, -0.1) is 0 Å². The number of carbonyl (C=O) groups excluding carboxylic acids is 1. The van der Waals surface area contributed by atoms with Gasteiger partial charge in [-0.3, -0.25) is 14.9 Å².